The van der Waals surface area contributed by atoms with Crippen molar-refractivity contribution in [3.63, 3.8) is 0 Å². The monoisotopic (exact) mass is 361 g/mol. The fraction of sp³-hybridized carbons (Fsp3) is 0.316. The molecule has 5 nitrogen and oxygen atoms in total. The van der Waals surface area contributed by atoms with Gasteiger partial charge in [-0.25, -0.2) is 0 Å². The Hall–Kier alpha value is -2.08. The number of nitrogens with zero attached hydrogens (tertiary/aromatic N) is 1. The van der Waals surface area contributed by atoms with Crippen LogP contribution >= 0.6 is 12.4 Å². The van der Waals surface area contributed by atoms with E-state index >= 15 is 0 Å². The number of benzene rings is 2. The first-order valence-electron chi connectivity index (χ1n) is 8.24. The molecule has 0 saturated carbocycles. The third kappa shape index (κ3) is 5.19. The molecule has 6 heteroatoms. The van der Waals surface area contributed by atoms with E-state index in [1.807, 2.05) is 18.2 Å². The van der Waals surface area contributed by atoms with Crippen LogP contribution in [0.3, 0.4) is 0 Å². The van der Waals surface area contributed by atoms with Crippen molar-refractivity contribution < 1.29 is 9.53 Å². The van der Waals surface area contributed by atoms with Gasteiger partial charge in [-0.1, -0.05) is 30.3 Å². The lowest BCUT2D eigenvalue weighted by atomic mass is 10.0. The van der Waals surface area contributed by atoms with Gasteiger partial charge in [0.15, 0.2) is 0 Å². The van der Waals surface area contributed by atoms with Crippen molar-refractivity contribution in [2.45, 2.75) is 6.04 Å². The van der Waals surface area contributed by atoms with E-state index in [0.29, 0.717) is 17.8 Å². The highest BCUT2D eigenvalue weighted by Crippen LogP contribution is 2.21. The minimum Gasteiger partial charge on any atom is -0.399 e. The standard InChI is InChI=1S/C19H23N3O2.ClH/c20-17-8-6-16(7-9-17)19(23)21-14-18(15-4-2-1-3-5-15)22-10-12-24-13-11-22;/h1-9,18H,10-14,20H2,(H,21,23);1H. The summed E-state index contributed by atoms with van der Waals surface area (Å²) < 4.78 is 5.45. The normalized spacial score (nSPS) is 15.8. The summed E-state index contributed by atoms with van der Waals surface area (Å²) in [5.74, 6) is -0.0795. The molecule has 1 unspecified atom stereocenters. The van der Waals surface area contributed by atoms with Crippen LogP contribution in [0.1, 0.15) is 22.0 Å². The molecule has 0 radical (unpaired) electrons. The number of nitrogens with one attached hydrogen (secondary N) is 1. The van der Waals surface area contributed by atoms with E-state index in [1.54, 1.807) is 24.3 Å². The first-order chi connectivity index (χ1) is 11.7. The first kappa shape index (κ1) is 19.2. The second kappa shape index (κ2) is 9.42. The molecule has 0 spiro atoms. The molecular weight excluding hydrogens is 338 g/mol. The fourth-order valence-electron chi connectivity index (χ4n) is 2.95. The van der Waals surface area contributed by atoms with Crippen LogP contribution in [0.2, 0.25) is 0 Å². The maximum atomic E-state index is 12.4. The Bertz CT molecular complexity index is 658. The van der Waals surface area contributed by atoms with E-state index < -0.39 is 0 Å². The lowest BCUT2D eigenvalue weighted by Gasteiger charge is -2.35. The zero-order valence-corrected chi connectivity index (χ0v) is 14.9. The number of carbonyl (C=O) groups is 1. The van der Waals surface area contributed by atoms with Crippen molar-refractivity contribution >= 4 is 24.0 Å². The Morgan fingerprint density at radius 2 is 1.72 bits per heavy atom. The predicted molar refractivity (Wildman–Crippen MR) is 102 cm³/mol. The third-order valence-electron chi connectivity index (χ3n) is 4.30. The molecule has 0 aromatic heterocycles. The highest BCUT2D eigenvalue weighted by Gasteiger charge is 2.23. The molecule has 1 heterocycles. The summed E-state index contributed by atoms with van der Waals surface area (Å²) in [6.07, 6.45) is 0. The van der Waals surface area contributed by atoms with Crippen molar-refractivity contribution in [3.8, 4) is 0 Å². The molecule has 3 rings (SSSR count). The first-order valence-corrected chi connectivity index (χ1v) is 8.24. The van der Waals surface area contributed by atoms with Crippen LogP contribution in [0, 0.1) is 0 Å². The molecular formula is C19H24ClN3O2. The molecule has 134 valence electrons. The van der Waals surface area contributed by atoms with Gasteiger partial charge < -0.3 is 15.8 Å². The van der Waals surface area contributed by atoms with E-state index in [0.717, 1.165) is 26.3 Å². The molecule has 1 aliphatic heterocycles. The number of morpholine rings is 1. The molecule has 1 fully saturated rings. The van der Waals surface area contributed by atoms with E-state index in [9.17, 15) is 4.79 Å². The number of anilines is 1. The van der Waals surface area contributed by atoms with Crippen LogP contribution in [0.15, 0.2) is 54.6 Å². The van der Waals surface area contributed by atoms with Crippen molar-refractivity contribution in [3.05, 3.63) is 65.7 Å². The van der Waals surface area contributed by atoms with Gasteiger partial charge in [0.25, 0.3) is 5.91 Å². The minimum atomic E-state index is -0.0795. The van der Waals surface area contributed by atoms with E-state index in [1.165, 1.54) is 5.56 Å². The summed E-state index contributed by atoms with van der Waals surface area (Å²) in [6, 6.07) is 17.4. The lowest BCUT2D eigenvalue weighted by Crippen LogP contribution is -2.43. The van der Waals surface area contributed by atoms with E-state index in [-0.39, 0.29) is 24.4 Å². The quantitative estimate of drug-likeness (QED) is 0.803. The molecule has 1 saturated heterocycles. The Morgan fingerprint density at radius 3 is 2.36 bits per heavy atom. The van der Waals surface area contributed by atoms with Crippen molar-refractivity contribution in [2.24, 2.45) is 0 Å². The Morgan fingerprint density at radius 1 is 1.08 bits per heavy atom. The lowest BCUT2D eigenvalue weighted by molar-refractivity contribution is 0.0162. The van der Waals surface area contributed by atoms with Crippen LogP contribution in [0.25, 0.3) is 0 Å². The number of nitrogens with two attached hydrogens (primary N) is 1. The zero-order chi connectivity index (χ0) is 16.8. The summed E-state index contributed by atoms with van der Waals surface area (Å²) in [6.45, 7) is 3.77. The molecule has 25 heavy (non-hydrogen) atoms. The number of carbonyl (C=O) groups excluding carboxylic acids is 1. The van der Waals surface area contributed by atoms with Gasteiger partial charge in [0.05, 0.1) is 19.3 Å². The Labute approximate surface area is 154 Å². The summed E-state index contributed by atoms with van der Waals surface area (Å²) in [5.41, 5.74) is 8.16. The van der Waals surface area contributed by atoms with Gasteiger partial charge in [0.2, 0.25) is 0 Å². The molecule has 2 aromatic rings. The van der Waals surface area contributed by atoms with Crippen LogP contribution in [0.4, 0.5) is 5.69 Å². The Balaban J connectivity index is 0.00000225. The van der Waals surface area contributed by atoms with Crippen LogP contribution in [0.5, 0.6) is 0 Å². The number of nitrogen functional groups attached to an aromatic ring is 1. The highest BCUT2D eigenvalue weighted by atomic mass is 35.5. The SMILES string of the molecule is Cl.Nc1ccc(C(=O)NCC(c2ccccc2)N2CCOCC2)cc1. The largest absolute Gasteiger partial charge is 0.399 e. The molecule has 2 aromatic carbocycles. The van der Waals surface area contributed by atoms with Crippen LogP contribution in [-0.2, 0) is 4.74 Å². The van der Waals surface area contributed by atoms with Gasteiger partial charge in [-0.2, -0.15) is 0 Å². The number of amides is 1. The molecule has 0 bridgehead atoms. The topological polar surface area (TPSA) is 67.6 Å². The molecule has 0 aliphatic carbocycles. The van der Waals surface area contributed by atoms with Crippen molar-refractivity contribution in [1.29, 1.82) is 0 Å². The Kier molecular flexibility index (Phi) is 7.25. The van der Waals surface area contributed by atoms with Crippen LogP contribution in [-0.4, -0.2) is 43.7 Å². The summed E-state index contributed by atoms with van der Waals surface area (Å²) in [5, 5.41) is 3.05. The number of ether oxygens (including phenoxy) is 1. The third-order valence-corrected chi connectivity index (χ3v) is 4.30. The van der Waals surface area contributed by atoms with Crippen LogP contribution < -0.4 is 11.1 Å². The van der Waals surface area contributed by atoms with Gasteiger partial charge in [0.1, 0.15) is 0 Å². The van der Waals surface area contributed by atoms with Crippen molar-refractivity contribution in [2.75, 3.05) is 38.6 Å². The summed E-state index contributed by atoms with van der Waals surface area (Å²) >= 11 is 0. The zero-order valence-electron chi connectivity index (χ0n) is 14.1. The minimum absolute atomic E-state index is 0. The molecule has 1 atom stereocenters. The number of hydrogen-bond acceptors (Lipinski definition) is 4. The maximum Gasteiger partial charge on any atom is 0.251 e. The average Bonchev–Trinajstić information content (AvgIpc) is 2.64. The van der Waals surface area contributed by atoms with Gasteiger partial charge in [-0.05, 0) is 29.8 Å². The average molecular weight is 362 g/mol. The maximum absolute atomic E-state index is 12.4. The fourth-order valence-corrected chi connectivity index (χ4v) is 2.95. The second-order valence-corrected chi connectivity index (χ2v) is 5.91. The number of halogens is 1. The van der Waals surface area contributed by atoms with Gasteiger partial charge in [-0.15, -0.1) is 12.4 Å². The second-order valence-electron chi connectivity index (χ2n) is 5.91. The molecule has 1 aliphatic rings. The van der Waals surface area contributed by atoms with Gasteiger partial charge in [-0.3, -0.25) is 9.69 Å². The predicted octanol–water partition coefficient (Wildman–Crippen LogP) is 2.49. The molecule has 3 N–H and O–H groups in total. The number of hydrogen-bond donors (Lipinski definition) is 2. The van der Waals surface area contributed by atoms with Gasteiger partial charge in [0, 0.05) is 30.9 Å². The summed E-state index contributed by atoms with van der Waals surface area (Å²) in [4.78, 5) is 14.7. The van der Waals surface area contributed by atoms with Gasteiger partial charge >= 0.3 is 0 Å². The molecule has 1 amide bonds. The van der Waals surface area contributed by atoms with E-state index in [4.69, 9.17) is 10.5 Å². The highest BCUT2D eigenvalue weighted by molar-refractivity contribution is 5.94. The van der Waals surface area contributed by atoms with E-state index in [2.05, 4.69) is 22.3 Å². The summed E-state index contributed by atoms with van der Waals surface area (Å²) in [7, 11) is 0. The smallest absolute Gasteiger partial charge is 0.251 e. The van der Waals surface area contributed by atoms with Crippen molar-refractivity contribution in [1.82, 2.24) is 10.2 Å². The number of rotatable bonds is 5.